The van der Waals surface area contributed by atoms with Crippen LogP contribution in [-0.4, -0.2) is 36.4 Å². The van der Waals surface area contributed by atoms with Crippen LogP contribution < -0.4 is 15.2 Å². The molecule has 11 heteroatoms. The van der Waals surface area contributed by atoms with Crippen LogP contribution in [0.25, 0.3) is 0 Å². The summed E-state index contributed by atoms with van der Waals surface area (Å²) >= 11 is 0. The van der Waals surface area contributed by atoms with E-state index in [2.05, 4.69) is 20.2 Å². The topological polar surface area (TPSA) is 130 Å². The van der Waals surface area contributed by atoms with Crippen LogP contribution in [0.15, 0.2) is 35.5 Å². The molecule has 2 rings (SSSR count). The van der Waals surface area contributed by atoms with Crippen molar-refractivity contribution in [2.24, 2.45) is 11.8 Å². The molecule has 0 amide bonds. The molecule has 10 nitrogen and oxygen atoms in total. The molecular weight excluding hydrogens is 408 g/mol. The lowest BCUT2D eigenvalue weighted by Crippen LogP contribution is -2.34. The van der Waals surface area contributed by atoms with Crippen molar-refractivity contribution in [3.8, 4) is 0 Å². The number of hydrogen-bond acceptors (Lipinski definition) is 8. The lowest BCUT2D eigenvalue weighted by atomic mass is 10.1. The second-order valence-corrected chi connectivity index (χ2v) is 9.57. The summed E-state index contributed by atoms with van der Waals surface area (Å²) in [7, 11) is -3.95. The third kappa shape index (κ3) is 6.10. The van der Waals surface area contributed by atoms with E-state index in [9.17, 15) is 18.5 Å². The molecule has 1 aromatic carbocycles. The molecule has 0 aliphatic heterocycles. The maximum absolute atomic E-state index is 12.5. The summed E-state index contributed by atoms with van der Waals surface area (Å²) in [4.78, 5) is 23.3. The highest BCUT2D eigenvalue weighted by atomic mass is 32.2. The molecule has 164 valence electrons. The van der Waals surface area contributed by atoms with Gasteiger partial charge in [0.05, 0.1) is 9.82 Å². The van der Waals surface area contributed by atoms with Gasteiger partial charge in [-0.1, -0.05) is 45.4 Å². The molecule has 2 N–H and O–H groups in total. The van der Waals surface area contributed by atoms with Gasteiger partial charge in [-0.15, -0.1) is 4.83 Å². The fourth-order valence-corrected chi connectivity index (χ4v) is 3.72. The van der Waals surface area contributed by atoms with Crippen molar-refractivity contribution in [1.29, 1.82) is 0 Å². The Morgan fingerprint density at radius 3 is 2.13 bits per heavy atom. The molecule has 0 fully saturated rings. The van der Waals surface area contributed by atoms with Crippen molar-refractivity contribution >= 4 is 27.3 Å². The standard InChI is InChI=1S/C19H28N6O4S/c1-13(2)10-24(11-14(3)4)19-17(25(26)27)18(20-12-21-19)22-23-30(28,29)16-8-6-15(5)7-9-16/h6-9,12-14,23H,10-11H2,1-5H3,(H,20,21,22). The Labute approximate surface area is 176 Å². The first kappa shape index (κ1) is 23.5. The molecule has 1 aromatic heterocycles. The van der Waals surface area contributed by atoms with Crippen molar-refractivity contribution in [1.82, 2.24) is 14.8 Å². The highest BCUT2D eigenvalue weighted by Gasteiger charge is 2.28. The van der Waals surface area contributed by atoms with Crippen molar-refractivity contribution in [2.45, 2.75) is 39.5 Å². The fourth-order valence-electron chi connectivity index (χ4n) is 2.88. The van der Waals surface area contributed by atoms with Crippen LogP contribution in [0.2, 0.25) is 0 Å². The zero-order valence-corrected chi connectivity index (χ0v) is 18.6. The second-order valence-electron chi connectivity index (χ2n) is 7.89. The Morgan fingerprint density at radius 2 is 1.63 bits per heavy atom. The Morgan fingerprint density at radius 1 is 1.07 bits per heavy atom. The Balaban J connectivity index is 2.37. The van der Waals surface area contributed by atoms with E-state index in [0.29, 0.717) is 13.1 Å². The molecule has 0 spiro atoms. The number of aryl methyl sites for hydroxylation is 1. The minimum atomic E-state index is -3.95. The third-order valence-corrected chi connectivity index (χ3v) is 5.35. The molecule has 0 bridgehead atoms. The lowest BCUT2D eigenvalue weighted by molar-refractivity contribution is -0.383. The number of aromatic nitrogens is 2. The normalized spacial score (nSPS) is 11.7. The van der Waals surface area contributed by atoms with E-state index in [-0.39, 0.29) is 34.1 Å². The number of rotatable bonds is 10. The molecule has 0 radical (unpaired) electrons. The van der Waals surface area contributed by atoms with Gasteiger partial charge >= 0.3 is 5.69 Å². The van der Waals surface area contributed by atoms with Gasteiger partial charge in [-0.25, -0.2) is 18.4 Å². The summed E-state index contributed by atoms with van der Waals surface area (Å²) < 4.78 is 25.0. The summed E-state index contributed by atoms with van der Waals surface area (Å²) in [5, 5.41) is 11.8. The number of nitrogens with zero attached hydrogens (tertiary/aromatic N) is 4. The van der Waals surface area contributed by atoms with Gasteiger partial charge in [0.2, 0.25) is 11.6 Å². The minimum Gasteiger partial charge on any atom is -0.350 e. The van der Waals surface area contributed by atoms with E-state index in [1.807, 2.05) is 39.5 Å². The highest BCUT2D eigenvalue weighted by molar-refractivity contribution is 7.89. The van der Waals surface area contributed by atoms with Crippen LogP contribution in [-0.2, 0) is 10.0 Å². The van der Waals surface area contributed by atoms with Gasteiger partial charge in [-0.2, -0.15) is 0 Å². The van der Waals surface area contributed by atoms with Crippen LogP contribution in [0.4, 0.5) is 17.3 Å². The van der Waals surface area contributed by atoms with Gasteiger partial charge in [0.25, 0.3) is 10.0 Å². The Kier molecular flexibility index (Phi) is 7.68. The van der Waals surface area contributed by atoms with Crippen molar-refractivity contribution in [3.05, 3.63) is 46.3 Å². The highest BCUT2D eigenvalue weighted by Crippen LogP contribution is 2.32. The van der Waals surface area contributed by atoms with Crippen molar-refractivity contribution in [2.75, 3.05) is 23.4 Å². The molecule has 0 unspecified atom stereocenters. The van der Waals surface area contributed by atoms with Gasteiger partial charge in [-0.3, -0.25) is 15.5 Å². The largest absolute Gasteiger partial charge is 0.354 e. The number of nitro groups is 1. The quantitative estimate of drug-likeness (QED) is 0.429. The van der Waals surface area contributed by atoms with E-state index in [4.69, 9.17) is 0 Å². The van der Waals surface area contributed by atoms with Gasteiger partial charge in [0, 0.05) is 13.1 Å². The van der Waals surface area contributed by atoms with Crippen molar-refractivity contribution < 1.29 is 13.3 Å². The van der Waals surface area contributed by atoms with Crippen molar-refractivity contribution in [3.63, 3.8) is 0 Å². The van der Waals surface area contributed by atoms with Gasteiger partial charge in [-0.05, 0) is 30.9 Å². The number of nitrogens with one attached hydrogen (secondary N) is 2. The van der Waals surface area contributed by atoms with E-state index in [1.165, 1.54) is 18.5 Å². The molecule has 2 aromatic rings. The van der Waals surface area contributed by atoms with E-state index in [1.54, 1.807) is 12.1 Å². The average molecular weight is 437 g/mol. The molecule has 0 aliphatic carbocycles. The summed E-state index contributed by atoms with van der Waals surface area (Å²) in [6.45, 7) is 11.0. The Hall–Kier alpha value is -2.79. The molecule has 1 heterocycles. The summed E-state index contributed by atoms with van der Waals surface area (Å²) in [5.41, 5.74) is 2.92. The smallest absolute Gasteiger partial charge is 0.350 e. The lowest BCUT2D eigenvalue weighted by Gasteiger charge is -2.27. The molecule has 0 saturated carbocycles. The summed E-state index contributed by atoms with van der Waals surface area (Å²) in [5.74, 6) is 0.414. The molecule has 30 heavy (non-hydrogen) atoms. The van der Waals surface area contributed by atoms with Crippen LogP contribution in [0.5, 0.6) is 0 Å². The SMILES string of the molecule is Cc1ccc(S(=O)(=O)NNc2ncnc(N(CC(C)C)CC(C)C)c2[N+](=O)[O-])cc1. The van der Waals surface area contributed by atoms with E-state index < -0.39 is 14.9 Å². The molecular formula is C19H28N6O4S. The average Bonchev–Trinajstić information content (AvgIpc) is 2.65. The number of anilines is 2. The first-order chi connectivity index (χ1) is 14.0. The zero-order chi connectivity index (χ0) is 22.5. The molecule has 0 atom stereocenters. The van der Waals surface area contributed by atoms with Crippen LogP contribution >= 0.6 is 0 Å². The number of hydrogen-bond donors (Lipinski definition) is 2. The summed E-state index contributed by atoms with van der Waals surface area (Å²) in [6, 6.07) is 6.23. The second kappa shape index (κ2) is 9.81. The third-order valence-electron chi connectivity index (χ3n) is 4.09. The number of hydrazine groups is 1. The molecule has 0 saturated heterocycles. The van der Waals surface area contributed by atoms with E-state index in [0.717, 1.165) is 5.56 Å². The Bertz CT molecular complexity index is 967. The fraction of sp³-hybridized carbons (Fsp3) is 0.474. The summed E-state index contributed by atoms with van der Waals surface area (Å²) in [6.07, 6.45) is 1.18. The minimum absolute atomic E-state index is 0.0266. The predicted octanol–water partition coefficient (Wildman–Crippen LogP) is 3.12. The zero-order valence-electron chi connectivity index (χ0n) is 17.8. The first-order valence-electron chi connectivity index (χ1n) is 9.60. The van der Waals surface area contributed by atoms with Gasteiger partial charge < -0.3 is 4.90 Å². The van der Waals surface area contributed by atoms with Crippen LogP contribution in [0.1, 0.15) is 33.3 Å². The maximum Gasteiger partial charge on any atom is 0.354 e. The van der Waals surface area contributed by atoms with E-state index >= 15 is 0 Å². The maximum atomic E-state index is 12.5. The molecule has 0 aliphatic rings. The van der Waals surface area contributed by atoms with Gasteiger partial charge in [0.1, 0.15) is 6.33 Å². The van der Waals surface area contributed by atoms with Gasteiger partial charge in [0.15, 0.2) is 0 Å². The van der Waals surface area contributed by atoms with Crippen LogP contribution in [0.3, 0.4) is 0 Å². The monoisotopic (exact) mass is 436 g/mol. The number of benzene rings is 1. The van der Waals surface area contributed by atoms with Crippen LogP contribution in [0, 0.1) is 28.9 Å². The first-order valence-corrected chi connectivity index (χ1v) is 11.1. The number of sulfonamides is 1. The predicted molar refractivity (Wildman–Crippen MR) is 116 cm³/mol.